The number of carbonyl (C=O) groups is 1. The van der Waals surface area contributed by atoms with E-state index in [-0.39, 0.29) is 17.4 Å². The van der Waals surface area contributed by atoms with E-state index in [1.165, 1.54) is 6.92 Å². The summed E-state index contributed by atoms with van der Waals surface area (Å²) >= 11 is 6.02. The standard InChI is InChI=1S/C21H23ClF3N3O3/c1-14(29)15-2-4-18(5-3-15)31-13-17(30)12-27-6-8-28(9-7-27)20-19(22)10-16(11-26-20)21(23,24)25/h2-5,10-11,17,30H,6-9,12-13H2,1H3. The SMILES string of the molecule is CC(=O)c1ccc(OCC(O)CN2CCN(c3ncc(C(F)(F)F)cc3Cl)CC2)cc1. The zero-order valence-corrected chi connectivity index (χ0v) is 17.7. The summed E-state index contributed by atoms with van der Waals surface area (Å²) in [6, 6.07) is 7.60. The lowest BCUT2D eigenvalue weighted by Crippen LogP contribution is -2.49. The Bertz CT molecular complexity index is 901. The predicted molar refractivity (Wildman–Crippen MR) is 111 cm³/mol. The third-order valence-electron chi connectivity index (χ3n) is 4.99. The van der Waals surface area contributed by atoms with Gasteiger partial charge in [-0.15, -0.1) is 0 Å². The van der Waals surface area contributed by atoms with Gasteiger partial charge in [0, 0.05) is 44.5 Å². The van der Waals surface area contributed by atoms with Crippen LogP contribution in [0.3, 0.4) is 0 Å². The van der Waals surface area contributed by atoms with Crippen LogP contribution in [0.25, 0.3) is 0 Å². The van der Waals surface area contributed by atoms with Crippen molar-refractivity contribution in [3.8, 4) is 5.75 Å². The molecule has 1 aliphatic heterocycles. The van der Waals surface area contributed by atoms with E-state index >= 15 is 0 Å². The average molecular weight is 458 g/mol. The maximum atomic E-state index is 12.8. The van der Waals surface area contributed by atoms with Crippen LogP contribution < -0.4 is 9.64 Å². The van der Waals surface area contributed by atoms with Crippen molar-refractivity contribution in [3.63, 3.8) is 0 Å². The van der Waals surface area contributed by atoms with E-state index in [9.17, 15) is 23.1 Å². The number of anilines is 1. The molecule has 2 heterocycles. The van der Waals surface area contributed by atoms with Gasteiger partial charge in [0.25, 0.3) is 0 Å². The van der Waals surface area contributed by atoms with Crippen LogP contribution in [0, 0.1) is 0 Å². The molecule has 31 heavy (non-hydrogen) atoms. The number of ether oxygens (including phenoxy) is 1. The highest BCUT2D eigenvalue weighted by Crippen LogP contribution is 2.33. The van der Waals surface area contributed by atoms with Crippen molar-refractivity contribution in [2.24, 2.45) is 0 Å². The normalized spacial score (nSPS) is 16.3. The molecule has 0 bridgehead atoms. The van der Waals surface area contributed by atoms with Gasteiger partial charge in [0.15, 0.2) is 5.78 Å². The number of piperazine rings is 1. The van der Waals surface area contributed by atoms with Crippen LogP contribution in [-0.2, 0) is 6.18 Å². The van der Waals surface area contributed by atoms with Crippen LogP contribution in [0.2, 0.25) is 5.02 Å². The van der Waals surface area contributed by atoms with Crippen molar-refractivity contribution in [3.05, 3.63) is 52.7 Å². The Morgan fingerprint density at radius 3 is 2.42 bits per heavy atom. The van der Waals surface area contributed by atoms with Crippen molar-refractivity contribution in [1.29, 1.82) is 0 Å². The fourth-order valence-electron chi connectivity index (χ4n) is 3.29. The predicted octanol–water partition coefficient (Wildman–Crippen LogP) is 3.52. The quantitative estimate of drug-likeness (QED) is 0.642. The minimum absolute atomic E-state index is 0.0292. The molecule has 3 rings (SSSR count). The summed E-state index contributed by atoms with van der Waals surface area (Å²) in [7, 11) is 0. The maximum Gasteiger partial charge on any atom is 0.417 e. The summed E-state index contributed by atoms with van der Waals surface area (Å²) < 4.78 is 43.9. The van der Waals surface area contributed by atoms with E-state index in [2.05, 4.69) is 4.98 Å². The van der Waals surface area contributed by atoms with Gasteiger partial charge in [-0.25, -0.2) is 4.98 Å². The molecule has 6 nitrogen and oxygen atoms in total. The van der Waals surface area contributed by atoms with E-state index in [4.69, 9.17) is 16.3 Å². The maximum absolute atomic E-state index is 12.8. The van der Waals surface area contributed by atoms with Gasteiger partial charge in [0.2, 0.25) is 0 Å². The monoisotopic (exact) mass is 457 g/mol. The number of Topliss-reactive ketones (excluding diaryl/α,β-unsaturated/α-hetero) is 1. The first-order valence-electron chi connectivity index (χ1n) is 9.75. The highest BCUT2D eigenvalue weighted by molar-refractivity contribution is 6.33. The Morgan fingerprint density at radius 1 is 1.23 bits per heavy atom. The molecule has 1 saturated heterocycles. The number of rotatable bonds is 7. The molecular weight excluding hydrogens is 435 g/mol. The fourth-order valence-corrected chi connectivity index (χ4v) is 3.58. The molecular formula is C21H23ClF3N3O3. The molecule has 1 fully saturated rings. The second kappa shape index (κ2) is 9.84. The second-order valence-corrected chi connectivity index (χ2v) is 7.77. The number of hydrogen-bond acceptors (Lipinski definition) is 6. The highest BCUT2D eigenvalue weighted by atomic mass is 35.5. The third kappa shape index (κ3) is 6.32. The molecule has 0 saturated carbocycles. The van der Waals surface area contributed by atoms with Crippen LogP contribution >= 0.6 is 11.6 Å². The molecule has 1 unspecified atom stereocenters. The van der Waals surface area contributed by atoms with Gasteiger partial charge in [-0.05, 0) is 37.3 Å². The topological polar surface area (TPSA) is 65.9 Å². The van der Waals surface area contributed by atoms with Crippen LogP contribution in [0.15, 0.2) is 36.5 Å². The zero-order valence-electron chi connectivity index (χ0n) is 16.9. The molecule has 1 aliphatic rings. The Balaban J connectivity index is 1.46. The van der Waals surface area contributed by atoms with Gasteiger partial charge in [0.05, 0.1) is 10.6 Å². The number of β-amino-alcohol motifs (C(OH)–C–C–N with tert-alkyl or cyclic N) is 1. The average Bonchev–Trinajstić information content (AvgIpc) is 2.72. The van der Waals surface area contributed by atoms with Gasteiger partial charge in [-0.1, -0.05) is 11.6 Å². The van der Waals surface area contributed by atoms with Crippen molar-refractivity contribution in [2.75, 3.05) is 44.2 Å². The fraction of sp³-hybridized carbons (Fsp3) is 0.429. The summed E-state index contributed by atoms with van der Waals surface area (Å²) in [6.45, 7) is 4.24. The molecule has 0 aliphatic carbocycles. The molecule has 10 heteroatoms. The van der Waals surface area contributed by atoms with E-state index in [1.54, 1.807) is 24.3 Å². The number of aromatic nitrogens is 1. The lowest BCUT2D eigenvalue weighted by molar-refractivity contribution is -0.137. The second-order valence-electron chi connectivity index (χ2n) is 7.36. The van der Waals surface area contributed by atoms with Gasteiger partial charge in [-0.3, -0.25) is 9.69 Å². The Labute approximate surface area is 183 Å². The number of halogens is 4. The summed E-state index contributed by atoms with van der Waals surface area (Å²) in [5.41, 5.74) is -0.285. The van der Waals surface area contributed by atoms with Crippen LogP contribution in [0.4, 0.5) is 19.0 Å². The first-order chi connectivity index (χ1) is 14.6. The number of benzene rings is 1. The molecule has 1 aromatic heterocycles. The number of hydrogen-bond donors (Lipinski definition) is 1. The van der Waals surface area contributed by atoms with Crippen molar-refractivity contribution < 1.29 is 27.8 Å². The molecule has 168 valence electrons. The smallest absolute Gasteiger partial charge is 0.417 e. The highest BCUT2D eigenvalue weighted by Gasteiger charge is 2.32. The number of pyridine rings is 1. The van der Waals surface area contributed by atoms with E-state index in [0.29, 0.717) is 49.9 Å². The van der Waals surface area contributed by atoms with Crippen molar-refractivity contribution in [2.45, 2.75) is 19.2 Å². The lowest BCUT2D eigenvalue weighted by atomic mass is 10.1. The number of nitrogens with zero attached hydrogens (tertiary/aromatic N) is 3. The largest absolute Gasteiger partial charge is 0.491 e. The Kier molecular flexibility index (Phi) is 7.40. The minimum atomic E-state index is -4.48. The van der Waals surface area contributed by atoms with Gasteiger partial charge < -0.3 is 14.7 Å². The summed E-state index contributed by atoms with van der Waals surface area (Å²) in [5.74, 6) is 0.864. The molecule has 1 atom stereocenters. The Hall–Kier alpha value is -2.36. The molecule has 0 spiro atoms. The van der Waals surface area contributed by atoms with Crippen LogP contribution in [0.5, 0.6) is 5.75 Å². The molecule has 2 aromatic rings. The molecule has 0 radical (unpaired) electrons. The molecule has 0 amide bonds. The molecule has 1 N–H and O–H groups in total. The number of ketones is 1. The number of alkyl halides is 3. The van der Waals surface area contributed by atoms with Crippen LogP contribution in [-0.4, -0.2) is 66.2 Å². The first-order valence-corrected chi connectivity index (χ1v) is 10.1. The van der Waals surface area contributed by atoms with Gasteiger partial charge in [-0.2, -0.15) is 13.2 Å². The first kappa shape index (κ1) is 23.3. The van der Waals surface area contributed by atoms with E-state index < -0.39 is 17.8 Å². The van der Waals surface area contributed by atoms with Gasteiger partial charge >= 0.3 is 6.18 Å². The summed E-state index contributed by atoms with van der Waals surface area (Å²) in [5, 5.41) is 10.2. The number of aliphatic hydroxyl groups is 1. The van der Waals surface area contributed by atoms with E-state index in [1.807, 2.05) is 9.80 Å². The lowest BCUT2D eigenvalue weighted by Gasteiger charge is -2.36. The molecule has 1 aromatic carbocycles. The van der Waals surface area contributed by atoms with Gasteiger partial charge in [0.1, 0.15) is 24.3 Å². The zero-order chi connectivity index (χ0) is 22.6. The van der Waals surface area contributed by atoms with Crippen LogP contribution in [0.1, 0.15) is 22.8 Å². The summed E-state index contributed by atoms with van der Waals surface area (Å²) in [6.07, 6.45) is -4.41. The number of aliphatic hydroxyl groups excluding tert-OH is 1. The van der Waals surface area contributed by atoms with Crippen molar-refractivity contribution >= 4 is 23.2 Å². The van der Waals surface area contributed by atoms with E-state index in [0.717, 1.165) is 12.3 Å². The van der Waals surface area contributed by atoms with Crippen molar-refractivity contribution in [1.82, 2.24) is 9.88 Å². The summed E-state index contributed by atoms with van der Waals surface area (Å²) in [4.78, 5) is 19.1. The Morgan fingerprint density at radius 2 is 1.87 bits per heavy atom. The third-order valence-corrected chi connectivity index (χ3v) is 5.27. The minimum Gasteiger partial charge on any atom is -0.491 e. The number of carbonyl (C=O) groups excluding carboxylic acids is 1.